The van der Waals surface area contributed by atoms with Gasteiger partial charge in [0.2, 0.25) is 5.91 Å². The number of carbonyl (C=O) groups is 1. The molecule has 124 valence electrons. The number of amides is 1. The smallest absolute Gasteiger partial charge is 0.263 e. The Morgan fingerprint density at radius 1 is 1.39 bits per heavy atom. The Labute approximate surface area is 135 Å². The zero-order valence-electron chi connectivity index (χ0n) is 12.7. The number of hydrogen-bond donors (Lipinski definition) is 2. The van der Waals surface area contributed by atoms with E-state index in [0.29, 0.717) is 37.3 Å². The average molecular weight is 336 g/mol. The summed E-state index contributed by atoms with van der Waals surface area (Å²) < 4.78 is 26.3. The summed E-state index contributed by atoms with van der Waals surface area (Å²) in [4.78, 5) is 18.3. The molecule has 0 saturated carbocycles. The minimum Gasteiger partial charge on any atom is -0.341 e. The van der Waals surface area contributed by atoms with Crippen LogP contribution in [0.1, 0.15) is 24.8 Å². The lowest BCUT2D eigenvalue weighted by Gasteiger charge is -2.15. The summed E-state index contributed by atoms with van der Waals surface area (Å²) >= 11 is 0. The van der Waals surface area contributed by atoms with Crippen molar-refractivity contribution in [3.8, 4) is 0 Å². The van der Waals surface area contributed by atoms with E-state index in [9.17, 15) is 13.2 Å². The lowest BCUT2D eigenvalue weighted by Crippen LogP contribution is -2.31. The standard InChI is InChI=1S/C15H20N4O3S/c16-11-7-9-19(10-11)14(20)6-3-8-17-15-12-4-1-2-5-13(12)23(21,22)18-15/h1-2,4-5,11H,3,6-10,16H2,(H,17,18)/t11-/m1/s1. The summed E-state index contributed by atoms with van der Waals surface area (Å²) in [6.45, 7) is 1.75. The Morgan fingerprint density at radius 3 is 2.91 bits per heavy atom. The van der Waals surface area contributed by atoms with E-state index in [4.69, 9.17) is 5.73 Å². The van der Waals surface area contributed by atoms with Gasteiger partial charge in [-0.05, 0) is 25.0 Å². The molecule has 2 aliphatic rings. The summed E-state index contributed by atoms with van der Waals surface area (Å²) in [5.74, 6) is 0.446. The lowest BCUT2D eigenvalue weighted by atomic mass is 10.2. The maximum atomic E-state index is 12.0. The van der Waals surface area contributed by atoms with Crippen LogP contribution < -0.4 is 10.5 Å². The Kier molecular flexibility index (Phi) is 4.36. The monoisotopic (exact) mass is 336 g/mol. The fourth-order valence-corrected chi connectivity index (χ4v) is 4.10. The van der Waals surface area contributed by atoms with Crippen molar-refractivity contribution in [2.24, 2.45) is 10.7 Å². The molecule has 8 heteroatoms. The number of likely N-dealkylation sites (tertiary alicyclic amines) is 1. The van der Waals surface area contributed by atoms with E-state index in [1.165, 1.54) is 0 Å². The molecule has 0 bridgehead atoms. The van der Waals surface area contributed by atoms with Crippen LogP contribution in [0.5, 0.6) is 0 Å². The molecular formula is C15H20N4O3S. The molecule has 23 heavy (non-hydrogen) atoms. The lowest BCUT2D eigenvalue weighted by molar-refractivity contribution is -0.130. The Balaban J connectivity index is 1.56. The molecule has 3 rings (SSSR count). The van der Waals surface area contributed by atoms with Crippen molar-refractivity contribution in [2.45, 2.75) is 30.2 Å². The van der Waals surface area contributed by atoms with E-state index in [2.05, 4.69) is 9.71 Å². The first-order valence-electron chi connectivity index (χ1n) is 7.67. The molecule has 7 nitrogen and oxygen atoms in total. The van der Waals surface area contributed by atoms with Crippen LogP contribution in [0.15, 0.2) is 34.2 Å². The van der Waals surface area contributed by atoms with Gasteiger partial charge in [0.25, 0.3) is 10.0 Å². The average Bonchev–Trinajstić information content (AvgIpc) is 3.06. The third kappa shape index (κ3) is 3.37. The van der Waals surface area contributed by atoms with Crippen molar-refractivity contribution in [1.29, 1.82) is 0 Å². The Hall–Kier alpha value is -1.93. The van der Waals surface area contributed by atoms with Gasteiger partial charge in [0.15, 0.2) is 0 Å². The second-order valence-electron chi connectivity index (χ2n) is 5.82. The maximum absolute atomic E-state index is 12.0. The van der Waals surface area contributed by atoms with Crippen molar-refractivity contribution >= 4 is 21.8 Å². The van der Waals surface area contributed by atoms with Crippen LogP contribution in [0.4, 0.5) is 0 Å². The highest BCUT2D eigenvalue weighted by atomic mass is 32.2. The van der Waals surface area contributed by atoms with Crippen LogP contribution in [0.25, 0.3) is 0 Å². The zero-order valence-corrected chi connectivity index (χ0v) is 13.6. The van der Waals surface area contributed by atoms with Gasteiger partial charge in [-0.2, -0.15) is 0 Å². The van der Waals surface area contributed by atoms with Gasteiger partial charge in [0.05, 0.1) is 4.90 Å². The molecule has 1 aromatic carbocycles. The third-order valence-electron chi connectivity index (χ3n) is 4.06. The van der Waals surface area contributed by atoms with Crippen LogP contribution in [-0.2, 0) is 14.8 Å². The molecule has 1 atom stereocenters. The van der Waals surface area contributed by atoms with Gasteiger partial charge in [-0.25, -0.2) is 8.42 Å². The number of nitrogens with one attached hydrogen (secondary N) is 1. The number of nitrogens with zero attached hydrogens (tertiary/aromatic N) is 2. The SMILES string of the molecule is N[C@@H]1CCN(C(=O)CCCN=C2NS(=O)(=O)c3ccccc32)C1. The second-order valence-corrected chi connectivity index (χ2v) is 7.47. The summed E-state index contributed by atoms with van der Waals surface area (Å²) in [7, 11) is -3.50. The highest BCUT2D eigenvalue weighted by Crippen LogP contribution is 2.22. The van der Waals surface area contributed by atoms with Gasteiger partial charge >= 0.3 is 0 Å². The largest absolute Gasteiger partial charge is 0.341 e. The first-order valence-corrected chi connectivity index (χ1v) is 9.16. The molecule has 2 heterocycles. The topological polar surface area (TPSA) is 105 Å². The predicted octanol–water partition coefficient (Wildman–Crippen LogP) is 0.0649. The number of aliphatic imine (C=N–C) groups is 1. The van der Waals surface area contributed by atoms with Gasteiger partial charge in [0.1, 0.15) is 5.84 Å². The van der Waals surface area contributed by atoms with E-state index in [1.807, 2.05) is 0 Å². The summed E-state index contributed by atoms with van der Waals surface area (Å²) in [6.07, 6.45) is 1.84. The van der Waals surface area contributed by atoms with Crippen LogP contribution >= 0.6 is 0 Å². The number of sulfonamides is 1. The van der Waals surface area contributed by atoms with Crippen LogP contribution in [-0.4, -0.2) is 50.7 Å². The molecule has 1 amide bonds. The highest BCUT2D eigenvalue weighted by molar-refractivity contribution is 7.90. The molecule has 1 saturated heterocycles. The molecule has 0 radical (unpaired) electrons. The number of rotatable bonds is 4. The van der Waals surface area contributed by atoms with E-state index in [1.54, 1.807) is 29.2 Å². The summed E-state index contributed by atoms with van der Waals surface area (Å²) in [5.41, 5.74) is 6.38. The maximum Gasteiger partial charge on any atom is 0.263 e. The van der Waals surface area contributed by atoms with E-state index in [-0.39, 0.29) is 16.8 Å². The number of fused-ring (bicyclic) bond motifs is 1. The molecule has 3 N–H and O–H groups in total. The van der Waals surface area contributed by atoms with Crippen LogP contribution in [0.2, 0.25) is 0 Å². The zero-order chi connectivity index (χ0) is 16.4. The fourth-order valence-electron chi connectivity index (χ4n) is 2.84. The van der Waals surface area contributed by atoms with E-state index < -0.39 is 10.0 Å². The molecule has 0 aliphatic carbocycles. The number of carbonyl (C=O) groups excluding carboxylic acids is 1. The van der Waals surface area contributed by atoms with Gasteiger partial charge in [-0.1, -0.05) is 12.1 Å². The summed E-state index contributed by atoms with van der Waals surface area (Å²) in [6, 6.07) is 6.82. The van der Waals surface area contributed by atoms with Gasteiger partial charge in [-0.15, -0.1) is 0 Å². The number of benzene rings is 1. The Morgan fingerprint density at radius 2 is 2.17 bits per heavy atom. The first-order chi connectivity index (χ1) is 11.0. The predicted molar refractivity (Wildman–Crippen MR) is 86.6 cm³/mol. The van der Waals surface area contributed by atoms with Crippen molar-refractivity contribution in [3.05, 3.63) is 29.8 Å². The molecular weight excluding hydrogens is 316 g/mol. The van der Waals surface area contributed by atoms with Crippen molar-refractivity contribution < 1.29 is 13.2 Å². The quantitative estimate of drug-likeness (QED) is 0.759. The molecule has 1 aromatic rings. The van der Waals surface area contributed by atoms with E-state index in [0.717, 1.165) is 13.0 Å². The van der Waals surface area contributed by atoms with Gasteiger partial charge in [0, 0.05) is 37.7 Å². The van der Waals surface area contributed by atoms with E-state index >= 15 is 0 Å². The van der Waals surface area contributed by atoms with Gasteiger partial charge in [-0.3, -0.25) is 14.5 Å². The molecule has 0 spiro atoms. The third-order valence-corrected chi connectivity index (χ3v) is 5.46. The number of amidine groups is 1. The number of hydrogen-bond acceptors (Lipinski definition) is 5. The van der Waals surface area contributed by atoms with Crippen LogP contribution in [0.3, 0.4) is 0 Å². The molecule has 1 fully saturated rings. The minimum atomic E-state index is -3.50. The van der Waals surface area contributed by atoms with Gasteiger partial charge < -0.3 is 10.6 Å². The minimum absolute atomic E-state index is 0.0867. The summed E-state index contributed by atoms with van der Waals surface area (Å²) in [5, 5.41) is 0. The van der Waals surface area contributed by atoms with Crippen molar-refractivity contribution in [3.63, 3.8) is 0 Å². The Bertz CT molecular complexity index is 745. The molecule has 0 unspecified atom stereocenters. The normalized spacial score (nSPS) is 23.8. The number of nitrogens with two attached hydrogens (primary N) is 1. The molecule has 0 aromatic heterocycles. The van der Waals surface area contributed by atoms with Crippen LogP contribution in [0, 0.1) is 0 Å². The highest BCUT2D eigenvalue weighted by Gasteiger charge is 2.30. The fraction of sp³-hybridized carbons (Fsp3) is 0.467. The second kappa shape index (κ2) is 6.29. The molecule has 2 aliphatic heterocycles. The van der Waals surface area contributed by atoms with Crippen molar-refractivity contribution in [2.75, 3.05) is 19.6 Å². The van der Waals surface area contributed by atoms with Crippen molar-refractivity contribution in [1.82, 2.24) is 9.62 Å². The first kappa shape index (κ1) is 15.9.